The van der Waals surface area contributed by atoms with Crippen molar-refractivity contribution in [1.82, 2.24) is 24.6 Å². The molecule has 0 fully saturated rings. The Morgan fingerprint density at radius 1 is 1.29 bits per heavy atom. The lowest BCUT2D eigenvalue weighted by Crippen LogP contribution is -2.15. The van der Waals surface area contributed by atoms with Gasteiger partial charge in [0.15, 0.2) is 5.16 Å². The highest BCUT2D eigenvalue weighted by molar-refractivity contribution is 7.99. The largest absolute Gasteiger partial charge is 0.274 e. The fourth-order valence-corrected chi connectivity index (χ4v) is 3.09. The van der Waals surface area contributed by atoms with E-state index in [-0.39, 0.29) is 5.56 Å². The molecule has 3 rings (SSSR count). The second-order valence-electron chi connectivity index (χ2n) is 4.14. The van der Waals surface area contributed by atoms with Crippen LogP contribution >= 0.6 is 23.5 Å². The molecule has 0 aromatic carbocycles. The maximum Gasteiger partial charge on any atom is 0.274 e. The molecule has 21 heavy (non-hydrogen) atoms. The number of thioether (sulfide) groups is 2. The van der Waals surface area contributed by atoms with Crippen LogP contribution in [0.5, 0.6) is 0 Å². The van der Waals surface area contributed by atoms with Gasteiger partial charge in [-0.3, -0.25) is 9.89 Å². The van der Waals surface area contributed by atoms with Crippen LogP contribution in [0, 0.1) is 0 Å². The SMILES string of the molecule is CCSc1nc2nc(CSc3ccccn3)cc(=O)n2[nH]1. The quantitative estimate of drug-likeness (QED) is 0.727. The Morgan fingerprint density at radius 3 is 2.95 bits per heavy atom. The highest BCUT2D eigenvalue weighted by Gasteiger charge is 2.08. The Kier molecular flexibility index (Phi) is 4.26. The monoisotopic (exact) mass is 319 g/mol. The molecule has 0 aliphatic carbocycles. The summed E-state index contributed by atoms with van der Waals surface area (Å²) in [7, 11) is 0. The number of H-pyrrole nitrogens is 1. The molecule has 0 saturated carbocycles. The van der Waals surface area contributed by atoms with Gasteiger partial charge in [0, 0.05) is 18.0 Å². The molecule has 0 radical (unpaired) electrons. The van der Waals surface area contributed by atoms with Crippen molar-refractivity contribution >= 4 is 29.3 Å². The summed E-state index contributed by atoms with van der Waals surface area (Å²) in [5, 5.41) is 4.55. The van der Waals surface area contributed by atoms with Crippen molar-refractivity contribution in [3.05, 3.63) is 46.5 Å². The van der Waals surface area contributed by atoms with Crippen molar-refractivity contribution in [3.8, 4) is 0 Å². The van der Waals surface area contributed by atoms with E-state index in [1.54, 1.807) is 29.7 Å². The lowest BCUT2D eigenvalue weighted by molar-refractivity contribution is 0.844. The van der Waals surface area contributed by atoms with Gasteiger partial charge in [0.1, 0.15) is 0 Å². The molecule has 0 saturated heterocycles. The van der Waals surface area contributed by atoms with Gasteiger partial charge in [0.05, 0.1) is 10.7 Å². The van der Waals surface area contributed by atoms with Gasteiger partial charge in [-0.25, -0.2) is 9.97 Å². The van der Waals surface area contributed by atoms with Crippen LogP contribution in [0.1, 0.15) is 12.6 Å². The summed E-state index contributed by atoms with van der Waals surface area (Å²) in [5.74, 6) is 1.89. The number of rotatable bonds is 5. The average molecular weight is 319 g/mol. The first-order chi connectivity index (χ1) is 10.3. The number of aromatic amines is 1. The summed E-state index contributed by atoms with van der Waals surface area (Å²) in [6.07, 6.45) is 1.75. The lowest BCUT2D eigenvalue weighted by atomic mass is 10.4. The number of aromatic nitrogens is 5. The molecule has 3 aromatic rings. The zero-order valence-electron chi connectivity index (χ0n) is 11.3. The summed E-state index contributed by atoms with van der Waals surface area (Å²) in [5.41, 5.74) is 0.558. The maximum absolute atomic E-state index is 12.0. The van der Waals surface area contributed by atoms with Crippen molar-refractivity contribution < 1.29 is 0 Å². The first-order valence-electron chi connectivity index (χ1n) is 6.41. The highest BCUT2D eigenvalue weighted by Crippen LogP contribution is 2.19. The maximum atomic E-state index is 12.0. The number of fused-ring (bicyclic) bond motifs is 1. The van der Waals surface area contributed by atoms with E-state index in [4.69, 9.17) is 0 Å². The highest BCUT2D eigenvalue weighted by atomic mass is 32.2. The molecule has 0 amide bonds. The number of pyridine rings is 1. The van der Waals surface area contributed by atoms with Gasteiger partial charge in [-0.15, -0.1) is 11.8 Å². The van der Waals surface area contributed by atoms with E-state index < -0.39 is 0 Å². The topological polar surface area (TPSA) is 75.9 Å². The molecule has 0 atom stereocenters. The first kappa shape index (κ1) is 14.2. The Morgan fingerprint density at radius 2 is 2.19 bits per heavy atom. The predicted octanol–water partition coefficient (Wildman–Crippen LogP) is 2.22. The minimum atomic E-state index is -0.146. The van der Waals surface area contributed by atoms with E-state index in [0.717, 1.165) is 10.8 Å². The zero-order chi connectivity index (χ0) is 14.7. The number of nitrogens with zero attached hydrogens (tertiary/aromatic N) is 4. The molecule has 0 bridgehead atoms. The van der Waals surface area contributed by atoms with E-state index in [2.05, 4.69) is 20.1 Å². The van der Waals surface area contributed by atoms with E-state index in [0.29, 0.717) is 22.4 Å². The second-order valence-corrected chi connectivity index (χ2v) is 6.39. The molecule has 3 heterocycles. The van der Waals surface area contributed by atoms with Crippen LogP contribution in [0.25, 0.3) is 5.78 Å². The van der Waals surface area contributed by atoms with Gasteiger partial charge in [-0.2, -0.15) is 9.50 Å². The van der Waals surface area contributed by atoms with Crippen LogP contribution in [0.3, 0.4) is 0 Å². The lowest BCUT2D eigenvalue weighted by Gasteiger charge is -2.00. The summed E-state index contributed by atoms with van der Waals surface area (Å²) in [6, 6.07) is 7.27. The van der Waals surface area contributed by atoms with Gasteiger partial charge in [-0.1, -0.05) is 24.8 Å². The van der Waals surface area contributed by atoms with Crippen LogP contribution < -0.4 is 5.56 Å². The van der Waals surface area contributed by atoms with Crippen molar-refractivity contribution in [3.63, 3.8) is 0 Å². The summed E-state index contributed by atoms with van der Waals surface area (Å²) < 4.78 is 1.37. The van der Waals surface area contributed by atoms with Crippen molar-refractivity contribution in [2.24, 2.45) is 0 Å². The number of nitrogens with one attached hydrogen (secondary N) is 1. The summed E-state index contributed by atoms with van der Waals surface area (Å²) in [6.45, 7) is 2.03. The fraction of sp³-hybridized carbons (Fsp3) is 0.231. The number of hydrogen-bond acceptors (Lipinski definition) is 6. The molecule has 0 aliphatic heterocycles. The molecular formula is C13H13N5OS2. The predicted molar refractivity (Wildman–Crippen MR) is 83.8 cm³/mol. The normalized spacial score (nSPS) is 11.1. The molecule has 0 spiro atoms. The van der Waals surface area contributed by atoms with Gasteiger partial charge in [0.2, 0.25) is 0 Å². The van der Waals surface area contributed by atoms with Gasteiger partial charge in [0.25, 0.3) is 11.3 Å². The standard InChI is InChI=1S/C13H13N5OS2/c1-2-20-13-16-12-15-9(7-11(19)18(12)17-13)8-21-10-5-3-4-6-14-10/h3-7H,2,8H2,1H3,(H,15,16,17). The molecular weight excluding hydrogens is 306 g/mol. The minimum Gasteiger partial charge on any atom is -0.267 e. The van der Waals surface area contributed by atoms with Crippen molar-refractivity contribution in [2.45, 2.75) is 22.9 Å². The molecule has 1 N–H and O–H groups in total. The first-order valence-corrected chi connectivity index (χ1v) is 8.38. The Hall–Kier alpha value is -1.80. The fourth-order valence-electron chi connectivity index (χ4n) is 1.76. The molecule has 0 aliphatic rings. The minimum absolute atomic E-state index is 0.146. The van der Waals surface area contributed by atoms with E-state index in [9.17, 15) is 4.79 Å². The van der Waals surface area contributed by atoms with Crippen LogP contribution in [0.4, 0.5) is 0 Å². The van der Waals surface area contributed by atoms with Gasteiger partial charge >= 0.3 is 0 Å². The van der Waals surface area contributed by atoms with Gasteiger partial charge < -0.3 is 0 Å². The molecule has 0 unspecified atom stereocenters. The Labute approximate surface area is 129 Å². The Balaban J connectivity index is 1.84. The smallest absolute Gasteiger partial charge is 0.267 e. The number of hydrogen-bond donors (Lipinski definition) is 1. The third kappa shape index (κ3) is 3.27. The summed E-state index contributed by atoms with van der Waals surface area (Å²) >= 11 is 3.09. The van der Waals surface area contributed by atoms with Gasteiger partial charge in [-0.05, 0) is 17.9 Å². The van der Waals surface area contributed by atoms with E-state index in [1.165, 1.54) is 10.6 Å². The van der Waals surface area contributed by atoms with Crippen LogP contribution in [-0.2, 0) is 5.75 Å². The molecule has 8 heteroatoms. The second kappa shape index (κ2) is 6.31. The van der Waals surface area contributed by atoms with E-state index in [1.807, 2.05) is 25.1 Å². The third-order valence-corrected chi connectivity index (χ3v) is 4.37. The van der Waals surface area contributed by atoms with Crippen LogP contribution in [0.15, 0.2) is 45.4 Å². The molecule has 3 aromatic heterocycles. The Bertz CT molecular complexity index is 799. The van der Waals surface area contributed by atoms with Crippen molar-refractivity contribution in [1.29, 1.82) is 0 Å². The van der Waals surface area contributed by atoms with Crippen molar-refractivity contribution in [2.75, 3.05) is 5.75 Å². The third-order valence-electron chi connectivity index (χ3n) is 2.65. The molecule has 108 valence electrons. The molecule has 6 nitrogen and oxygen atoms in total. The average Bonchev–Trinajstić information content (AvgIpc) is 2.90. The zero-order valence-corrected chi connectivity index (χ0v) is 12.9. The van der Waals surface area contributed by atoms with Crippen LogP contribution in [-0.4, -0.2) is 30.3 Å². The van der Waals surface area contributed by atoms with Crippen LogP contribution in [0.2, 0.25) is 0 Å². The van der Waals surface area contributed by atoms with E-state index >= 15 is 0 Å². The summed E-state index contributed by atoms with van der Waals surface area (Å²) in [4.78, 5) is 25.0.